The van der Waals surface area contributed by atoms with E-state index >= 15 is 0 Å². The van der Waals surface area contributed by atoms with Crippen molar-refractivity contribution in [1.82, 2.24) is 4.31 Å². The lowest BCUT2D eigenvalue weighted by Crippen LogP contribution is -2.66. The topological polar surface area (TPSA) is 130 Å². The number of nitrogens with zero attached hydrogens (tertiary/aromatic N) is 3. The molecule has 11 heteroatoms. The van der Waals surface area contributed by atoms with Crippen LogP contribution >= 0.6 is 0 Å². The van der Waals surface area contributed by atoms with Crippen LogP contribution in [-0.2, 0) is 24.7 Å². The van der Waals surface area contributed by atoms with E-state index in [2.05, 4.69) is 9.99 Å². The minimum Gasteiger partial charge on any atom is -0.448 e. The van der Waals surface area contributed by atoms with Crippen LogP contribution in [0.3, 0.4) is 0 Å². The second-order valence-corrected chi connectivity index (χ2v) is 5.28. The summed E-state index contributed by atoms with van der Waals surface area (Å²) in [6, 6.07) is 1.79. The van der Waals surface area contributed by atoms with Gasteiger partial charge in [-0.15, -0.1) is 0 Å². The number of hydrogen-bond donors (Lipinski definition) is 1. The normalized spacial score (nSPS) is 18.7. The Balaban J connectivity index is 2.25. The van der Waals surface area contributed by atoms with E-state index in [-0.39, 0.29) is 16.7 Å². The predicted octanol–water partition coefficient (Wildman–Crippen LogP) is -0.742. The molecule has 1 aromatic rings. The molecule has 2 rings (SSSR count). The first-order chi connectivity index (χ1) is 9.86. The van der Waals surface area contributed by atoms with Gasteiger partial charge in [-0.1, -0.05) is 5.16 Å². The average molecular weight is 317 g/mol. The van der Waals surface area contributed by atoms with E-state index in [9.17, 15) is 18.0 Å². The number of anilines is 1. The van der Waals surface area contributed by atoms with Crippen molar-refractivity contribution in [3.05, 3.63) is 18.4 Å². The van der Waals surface area contributed by atoms with Crippen LogP contribution in [0.5, 0.6) is 0 Å². The number of β-lactam (4-membered cyclic amide) rings is 1. The number of carbonyl (C=O) groups excluding carboxylic acids is 2. The monoisotopic (exact) mass is 317 g/mol. The Morgan fingerprint density at radius 3 is 2.86 bits per heavy atom. The van der Waals surface area contributed by atoms with Gasteiger partial charge in [0.25, 0.3) is 11.8 Å². The molecule has 21 heavy (non-hydrogen) atoms. The van der Waals surface area contributed by atoms with Gasteiger partial charge < -0.3 is 9.25 Å². The first-order valence-electron chi connectivity index (χ1n) is 5.58. The zero-order chi connectivity index (χ0) is 15.6. The minimum absolute atomic E-state index is 0.0379. The van der Waals surface area contributed by atoms with Gasteiger partial charge in [-0.25, -0.2) is 4.31 Å². The maximum absolute atomic E-state index is 12.0. The van der Waals surface area contributed by atoms with Crippen molar-refractivity contribution in [2.75, 3.05) is 18.6 Å². The molecule has 2 amide bonds. The molecule has 0 saturated carbocycles. The molecule has 0 aromatic carbocycles. The van der Waals surface area contributed by atoms with E-state index < -0.39 is 28.2 Å². The summed E-state index contributed by atoms with van der Waals surface area (Å²) < 4.78 is 35.9. The van der Waals surface area contributed by atoms with E-state index in [4.69, 9.17) is 8.97 Å². The highest BCUT2D eigenvalue weighted by Gasteiger charge is 2.49. The number of hydrogen-bond acceptors (Lipinski definition) is 7. The Morgan fingerprint density at radius 2 is 2.38 bits per heavy atom. The summed E-state index contributed by atoms with van der Waals surface area (Å²) >= 11 is 0. The van der Waals surface area contributed by atoms with Crippen molar-refractivity contribution in [3.63, 3.8) is 0 Å². The van der Waals surface area contributed by atoms with Crippen LogP contribution < -0.4 is 4.90 Å². The van der Waals surface area contributed by atoms with Crippen molar-refractivity contribution in [2.24, 2.45) is 5.16 Å². The molecule has 1 aromatic heterocycles. The first-order valence-corrected chi connectivity index (χ1v) is 6.98. The number of furan rings is 1. The van der Waals surface area contributed by atoms with Crippen molar-refractivity contribution < 1.29 is 31.8 Å². The van der Waals surface area contributed by atoms with E-state index in [1.54, 1.807) is 0 Å². The van der Waals surface area contributed by atoms with Gasteiger partial charge in [0.1, 0.15) is 19.4 Å². The van der Waals surface area contributed by atoms with Crippen molar-refractivity contribution in [3.8, 4) is 0 Å². The summed E-state index contributed by atoms with van der Waals surface area (Å²) in [5.41, 5.74) is 0. The van der Waals surface area contributed by atoms with Crippen LogP contribution in [0.15, 0.2) is 28.0 Å². The standard InChI is InChI=1S/C10H11N3O7S/c1-19-11-5-8(14)13(9-3-2-4-20-9)7-6-12(10(7)15)21(16,17)18/h2-5,7H,6H2,1H3,(H,16,17,18). The molecule has 1 aliphatic heterocycles. The van der Waals surface area contributed by atoms with Crippen LogP contribution in [0.1, 0.15) is 0 Å². The molecule has 1 aliphatic rings. The Morgan fingerprint density at radius 1 is 1.67 bits per heavy atom. The van der Waals surface area contributed by atoms with Gasteiger partial charge in [0.2, 0.25) is 5.88 Å². The van der Waals surface area contributed by atoms with Gasteiger partial charge in [0.15, 0.2) is 0 Å². The highest BCUT2D eigenvalue weighted by atomic mass is 32.2. The van der Waals surface area contributed by atoms with E-state index in [1.807, 2.05) is 0 Å². The highest BCUT2D eigenvalue weighted by molar-refractivity contribution is 7.84. The Bertz CT molecular complexity index is 667. The maximum Gasteiger partial charge on any atom is 0.362 e. The Hall–Kier alpha value is -2.40. The summed E-state index contributed by atoms with van der Waals surface area (Å²) in [7, 11) is -3.40. The largest absolute Gasteiger partial charge is 0.448 e. The van der Waals surface area contributed by atoms with Crippen LogP contribution in [-0.4, -0.2) is 55.0 Å². The summed E-state index contributed by atoms with van der Waals surface area (Å²) in [5, 5.41) is 3.29. The molecule has 1 saturated heterocycles. The van der Waals surface area contributed by atoms with Crippen LogP contribution in [0.25, 0.3) is 0 Å². The number of amides is 2. The minimum atomic E-state index is -4.64. The average Bonchev–Trinajstić information content (AvgIpc) is 2.91. The van der Waals surface area contributed by atoms with Gasteiger partial charge >= 0.3 is 10.3 Å². The van der Waals surface area contributed by atoms with Gasteiger partial charge in [-0.3, -0.25) is 19.0 Å². The molecule has 0 radical (unpaired) electrons. The quantitative estimate of drug-likeness (QED) is 0.327. The lowest BCUT2D eigenvalue weighted by molar-refractivity contribution is -0.137. The molecule has 114 valence electrons. The van der Waals surface area contributed by atoms with Crippen molar-refractivity contribution >= 4 is 34.2 Å². The molecule has 1 N–H and O–H groups in total. The van der Waals surface area contributed by atoms with Gasteiger partial charge in [0.05, 0.1) is 12.8 Å². The fraction of sp³-hybridized carbons (Fsp3) is 0.300. The highest BCUT2D eigenvalue weighted by Crippen LogP contribution is 2.26. The summed E-state index contributed by atoms with van der Waals surface area (Å²) in [5.74, 6) is -1.65. The molecular formula is C10H11N3O7S. The van der Waals surface area contributed by atoms with E-state index in [0.29, 0.717) is 0 Å². The van der Waals surface area contributed by atoms with Gasteiger partial charge in [0, 0.05) is 6.07 Å². The maximum atomic E-state index is 12.0. The smallest absolute Gasteiger partial charge is 0.362 e. The number of carbonyl (C=O) groups is 2. The van der Waals surface area contributed by atoms with Crippen molar-refractivity contribution in [2.45, 2.75) is 6.04 Å². The lowest BCUT2D eigenvalue weighted by Gasteiger charge is -2.39. The molecule has 0 spiro atoms. The second kappa shape index (κ2) is 5.54. The fourth-order valence-electron chi connectivity index (χ4n) is 1.76. The third kappa shape index (κ3) is 2.87. The van der Waals surface area contributed by atoms with Crippen LogP contribution in [0.4, 0.5) is 5.88 Å². The summed E-state index contributed by atoms with van der Waals surface area (Å²) in [6.07, 6.45) is 2.10. The molecule has 0 aliphatic carbocycles. The summed E-state index contributed by atoms with van der Waals surface area (Å²) in [6.45, 7) is -0.384. The van der Waals surface area contributed by atoms with Crippen LogP contribution in [0, 0.1) is 0 Å². The zero-order valence-electron chi connectivity index (χ0n) is 10.7. The third-order valence-corrected chi connectivity index (χ3v) is 3.60. The van der Waals surface area contributed by atoms with Crippen molar-refractivity contribution in [1.29, 1.82) is 0 Å². The molecule has 1 atom stereocenters. The molecule has 1 unspecified atom stereocenters. The third-order valence-electron chi connectivity index (χ3n) is 2.71. The fourth-order valence-corrected chi connectivity index (χ4v) is 2.44. The molecule has 10 nitrogen and oxygen atoms in total. The molecular weight excluding hydrogens is 306 g/mol. The Kier molecular flexibility index (Phi) is 3.95. The number of oxime groups is 1. The Labute approximate surface area is 119 Å². The first kappa shape index (κ1) is 15.0. The molecule has 1 fully saturated rings. The van der Waals surface area contributed by atoms with Crippen LogP contribution in [0.2, 0.25) is 0 Å². The van der Waals surface area contributed by atoms with E-state index in [1.165, 1.54) is 25.5 Å². The van der Waals surface area contributed by atoms with E-state index in [0.717, 1.165) is 11.1 Å². The predicted molar refractivity (Wildman–Crippen MR) is 68.7 cm³/mol. The number of rotatable bonds is 5. The second-order valence-electron chi connectivity index (χ2n) is 3.94. The molecule has 2 heterocycles. The van der Waals surface area contributed by atoms with Gasteiger partial charge in [-0.05, 0) is 6.07 Å². The SMILES string of the molecule is CON=CC(=O)N(c1ccco1)C1CN(S(=O)(=O)O)C1=O. The van der Waals surface area contributed by atoms with Gasteiger partial charge in [-0.2, -0.15) is 8.42 Å². The summed E-state index contributed by atoms with van der Waals surface area (Å²) in [4.78, 5) is 29.1. The molecule has 0 bridgehead atoms. The lowest BCUT2D eigenvalue weighted by atomic mass is 10.1. The zero-order valence-corrected chi connectivity index (χ0v) is 11.6.